The molecule has 8 nitrogen and oxygen atoms in total. The number of hydrogen-bond donors (Lipinski definition) is 0. The molecule has 3 amide bonds. The van der Waals surface area contributed by atoms with Crippen molar-refractivity contribution in [2.24, 2.45) is 5.92 Å². The topological polar surface area (TPSA) is 83.1 Å². The summed E-state index contributed by atoms with van der Waals surface area (Å²) in [5, 5.41) is 3.00. The minimum atomic E-state index is -0.330. The number of thiazole rings is 1. The zero-order chi connectivity index (χ0) is 22.8. The minimum Gasteiger partial charge on any atom is -0.379 e. The van der Waals surface area contributed by atoms with Crippen LogP contribution in [-0.2, 0) is 17.8 Å². The van der Waals surface area contributed by atoms with Crippen molar-refractivity contribution in [1.29, 1.82) is 0 Å². The average molecular weight is 457 g/mol. The molecule has 1 aromatic heterocycles. The predicted molar refractivity (Wildman–Crippen MR) is 121 cm³/mol. The molecule has 0 unspecified atom stereocenters. The third-order valence-electron chi connectivity index (χ3n) is 5.57. The molecule has 2 aliphatic heterocycles. The lowest BCUT2D eigenvalue weighted by molar-refractivity contribution is 0.0341. The highest BCUT2D eigenvalue weighted by Gasteiger charge is 2.36. The van der Waals surface area contributed by atoms with Gasteiger partial charge in [0.2, 0.25) is 0 Å². The van der Waals surface area contributed by atoms with Crippen LogP contribution in [0.5, 0.6) is 0 Å². The number of amides is 3. The van der Waals surface area contributed by atoms with Gasteiger partial charge in [0.1, 0.15) is 5.01 Å². The molecule has 0 radical (unpaired) electrons. The molecule has 0 saturated carbocycles. The summed E-state index contributed by atoms with van der Waals surface area (Å²) in [6.07, 6.45) is 0. The van der Waals surface area contributed by atoms with Crippen molar-refractivity contribution in [2.45, 2.75) is 26.9 Å². The van der Waals surface area contributed by atoms with Crippen molar-refractivity contribution in [2.75, 3.05) is 39.9 Å². The van der Waals surface area contributed by atoms with Crippen molar-refractivity contribution < 1.29 is 19.1 Å². The predicted octanol–water partition coefficient (Wildman–Crippen LogP) is 2.50. The van der Waals surface area contributed by atoms with Crippen LogP contribution in [0.4, 0.5) is 0 Å². The highest BCUT2D eigenvalue weighted by atomic mass is 32.1. The summed E-state index contributed by atoms with van der Waals surface area (Å²) in [7, 11) is 1.72. The van der Waals surface area contributed by atoms with Gasteiger partial charge >= 0.3 is 0 Å². The van der Waals surface area contributed by atoms with Crippen molar-refractivity contribution in [1.82, 2.24) is 19.7 Å². The molecule has 1 aromatic carbocycles. The molecule has 0 atom stereocenters. The Hall–Kier alpha value is -2.62. The molecule has 1 saturated heterocycles. The molecule has 9 heteroatoms. The third-order valence-corrected chi connectivity index (χ3v) is 6.46. The van der Waals surface area contributed by atoms with Gasteiger partial charge in [-0.15, -0.1) is 11.3 Å². The Balaban J connectivity index is 1.41. The minimum absolute atomic E-state index is 0.177. The van der Waals surface area contributed by atoms with Crippen LogP contribution in [0.15, 0.2) is 23.6 Å². The maximum Gasteiger partial charge on any atom is 0.261 e. The number of ether oxygens (including phenoxy) is 1. The first kappa shape index (κ1) is 22.6. The van der Waals surface area contributed by atoms with Crippen molar-refractivity contribution in [3.8, 4) is 0 Å². The van der Waals surface area contributed by atoms with Gasteiger partial charge in [0.15, 0.2) is 0 Å². The van der Waals surface area contributed by atoms with Crippen LogP contribution in [0.2, 0.25) is 0 Å². The molecule has 2 aliphatic rings. The van der Waals surface area contributed by atoms with E-state index in [2.05, 4.69) is 9.88 Å². The van der Waals surface area contributed by atoms with Crippen LogP contribution in [0, 0.1) is 5.92 Å². The van der Waals surface area contributed by atoms with Gasteiger partial charge in [0, 0.05) is 37.6 Å². The summed E-state index contributed by atoms with van der Waals surface area (Å²) in [5.74, 6) is -0.654. The van der Waals surface area contributed by atoms with Crippen LogP contribution in [-0.4, -0.2) is 77.3 Å². The fraction of sp³-hybridized carbons (Fsp3) is 0.478. The highest BCUT2D eigenvalue weighted by Crippen LogP contribution is 2.25. The maximum absolute atomic E-state index is 13.0. The van der Waals surface area contributed by atoms with Gasteiger partial charge in [0.05, 0.1) is 43.1 Å². The van der Waals surface area contributed by atoms with Crippen molar-refractivity contribution >= 4 is 29.1 Å². The van der Waals surface area contributed by atoms with Gasteiger partial charge in [0.25, 0.3) is 17.7 Å². The fourth-order valence-electron chi connectivity index (χ4n) is 3.93. The van der Waals surface area contributed by atoms with E-state index in [-0.39, 0.29) is 23.6 Å². The summed E-state index contributed by atoms with van der Waals surface area (Å²) in [4.78, 5) is 48.1. The Bertz CT molecular complexity index is 1030. The zero-order valence-electron chi connectivity index (χ0n) is 18.7. The second-order valence-corrected chi connectivity index (χ2v) is 9.60. The lowest BCUT2D eigenvalue weighted by Gasteiger charge is -2.25. The third kappa shape index (κ3) is 4.74. The van der Waals surface area contributed by atoms with Crippen LogP contribution in [0.3, 0.4) is 0 Å². The molecule has 0 spiro atoms. The van der Waals surface area contributed by atoms with Crippen molar-refractivity contribution in [3.63, 3.8) is 0 Å². The van der Waals surface area contributed by atoms with E-state index in [1.54, 1.807) is 41.5 Å². The van der Waals surface area contributed by atoms with Gasteiger partial charge in [-0.05, 0) is 24.1 Å². The molecule has 3 heterocycles. The van der Waals surface area contributed by atoms with E-state index >= 15 is 0 Å². The highest BCUT2D eigenvalue weighted by molar-refractivity contribution is 7.09. The first-order valence-electron chi connectivity index (χ1n) is 10.8. The molecule has 2 aromatic rings. The Morgan fingerprint density at radius 1 is 1.19 bits per heavy atom. The lowest BCUT2D eigenvalue weighted by atomic mass is 10.0. The molecular weight excluding hydrogens is 428 g/mol. The van der Waals surface area contributed by atoms with E-state index in [9.17, 15) is 14.4 Å². The van der Waals surface area contributed by atoms with Gasteiger partial charge in [-0.25, -0.2) is 4.98 Å². The van der Waals surface area contributed by atoms with E-state index in [0.29, 0.717) is 29.8 Å². The number of rotatable bonds is 7. The van der Waals surface area contributed by atoms with Crippen LogP contribution < -0.4 is 0 Å². The molecular formula is C23H28N4O4S. The number of carbonyl (C=O) groups is 3. The Morgan fingerprint density at radius 3 is 2.62 bits per heavy atom. The lowest BCUT2D eigenvalue weighted by Crippen LogP contribution is -2.35. The van der Waals surface area contributed by atoms with Gasteiger partial charge < -0.3 is 9.64 Å². The van der Waals surface area contributed by atoms with Crippen LogP contribution in [0.1, 0.15) is 55.6 Å². The van der Waals surface area contributed by atoms with E-state index in [1.807, 2.05) is 19.2 Å². The number of imide groups is 1. The van der Waals surface area contributed by atoms with Crippen LogP contribution in [0.25, 0.3) is 0 Å². The monoisotopic (exact) mass is 456 g/mol. The summed E-state index contributed by atoms with van der Waals surface area (Å²) in [6, 6.07) is 4.74. The number of aromatic nitrogens is 1. The molecule has 0 N–H and O–H groups in total. The quantitative estimate of drug-likeness (QED) is 0.596. The number of benzene rings is 1. The molecule has 0 aliphatic carbocycles. The average Bonchev–Trinajstić information content (AvgIpc) is 3.31. The Kier molecular flexibility index (Phi) is 6.68. The second-order valence-electron chi connectivity index (χ2n) is 8.66. The molecule has 32 heavy (non-hydrogen) atoms. The summed E-state index contributed by atoms with van der Waals surface area (Å²) >= 11 is 1.60. The first-order chi connectivity index (χ1) is 15.3. The normalized spacial score (nSPS) is 16.7. The zero-order valence-corrected chi connectivity index (χ0v) is 19.5. The van der Waals surface area contributed by atoms with Gasteiger partial charge in [-0.3, -0.25) is 24.2 Å². The van der Waals surface area contributed by atoms with Gasteiger partial charge in [-0.1, -0.05) is 13.8 Å². The first-order valence-corrected chi connectivity index (χ1v) is 11.7. The Labute approximate surface area is 191 Å². The van der Waals surface area contributed by atoms with Crippen LogP contribution >= 0.6 is 11.3 Å². The van der Waals surface area contributed by atoms with Crippen molar-refractivity contribution in [3.05, 3.63) is 51.0 Å². The fourth-order valence-corrected chi connectivity index (χ4v) is 4.76. The molecule has 1 fully saturated rings. The number of carbonyl (C=O) groups excluding carboxylic acids is 3. The van der Waals surface area contributed by atoms with E-state index < -0.39 is 0 Å². The maximum atomic E-state index is 13.0. The van der Waals surface area contributed by atoms with E-state index in [1.165, 1.54) is 4.90 Å². The number of morpholine rings is 1. The smallest absolute Gasteiger partial charge is 0.261 e. The van der Waals surface area contributed by atoms with E-state index in [0.717, 1.165) is 43.5 Å². The van der Waals surface area contributed by atoms with Gasteiger partial charge in [-0.2, -0.15) is 0 Å². The standard InChI is InChI=1S/C23H28N4O4S/c1-15(2)11-27-22(29)18-5-4-16(10-19(18)23(27)30)21(28)25(3)12-17-14-32-20(24-17)13-26-6-8-31-9-7-26/h4-5,10,14-15H,6-9,11-13H2,1-3H3. The summed E-state index contributed by atoms with van der Waals surface area (Å²) in [5.41, 5.74) is 1.89. The molecule has 4 rings (SSSR count). The number of nitrogens with zero attached hydrogens (tertiary/aromatic N) is 4. The number of hydrogen-bond acceptors (Lipinski definition) is 7. The molecule has 170 valence electrons. The SMILES string of the molecule is CC(C)CN1C(=O)c2ccc(C(=O)N(C)Cc3csc(CN4CCOCC4)n3)cc2C1=O. The summed E-state index contributed by atoms with van der Waals surface area (Å²) in [6.45, 7) is 8.76. The second kappa shape index (κ2) is 9.48. The largest absolute Gasteiger partial charge is 0.379 e. The van der Waals surface area contributed by atoms with E-state index in [4.69, 9.17) is 4.74 Å². The molecule has 0 bridgehead atoms. The number of fused-ring (bicyclic) bond motifs is 1. The Morgan fingerprint density at radius 2 is 1.91 bits per heavy atom. The summed E-state index contributed by atoms with van der Waals surface area (Å²) < 4.78 is 5.38.